The van der Waals surface area contributed by atoms with Crippen molar-refractivity contribution in [3.63, 3.8) is 0 Å². The van der Waals surface area contributed by atoms with Crippen LogP contribution in [-0.2, 0) is 23.1 Å². The lowest BCUT2D eigenvalue weighted by Gasteiger charge is -2.21. The molecule has 3 rings (SSSR count). The SMILES string of the molecule is Cn1cc(CCC(=O)N2CCCC2C(=O)O)c2ccccc21. The van der Waals surface area contributed by atoms with Gasteiger partial charge in [0.25, 0.3) is 0 Å². The Bertz CT molecular complexity index is 720. The molecule has 0 bridgehead atoms. The van der Waals surface area contributed by atoms with Crippen molar-refractivity contribution < 1.29 is 14.7 Å². The van der Waals surface area contributed by atoms with E-state index in [2.05, 4.69) is 22.9 Å². The lowest BCUT2D eigenvalue weighted by Crippen LogP contribution is -2.40. The third kappa shape index (κ3) is 2.58. The van der Waals surface area contributed by atoms with E-state index in [1.165, 1.54) is 4.90 Å². The summed E-state index contributed by atoms with van der Waals surface area (Å²) in [6.45, 7) is 0.561. The van der Waals surface area contributed by atoms with E-state index >= 15 is 0 Å². The largest absolute Gasteiger partial charge is 0.480 e. The van der Waals surface area contributed by atoms with Crippen molar-refractivity contribution in [2.45, 2.75) is 31.7 Å². The average Bonchev–Trinajstić information content (AvgIpc) is 3.11. The molecule has 2 aromatic rings. The van der Waals surface area contributed by atoms with Gasteiger partial charge < -0.3 is 14.6 Å². The summed E-state index contributed by atoms with van der Waals surface area (Å²) in [7, 11) is 1.99. The Labute approximate surface area is 129 Å². The highest BCUT2D eigenvalue weighted by Gasteiger charge is 2.33. The van der Waals surface area contributed by atoms with Crippen molar-refractivity contribution in [1.82, 2.24) is 9.47 Å². The second-order valence-electron chi connectivity index (χ2n) is 5.87. The number of carbonyl (C=O) groups is 2. The number of likely N-dealkylation sites (tertiary alicyclic amines) is 1. The van der Waals surface area contributed by atoms with Crippen molar-refractivity contribution in [3.8, 4) is 0 Å². The number of nitrogens with zero attached hydrogens (tertiary/aromatic N) is 2. The second-order valence-corrected chi connectivity index (χ2v) is 5.87. The normalized spacial score (nSPS) is 18.0. The molecule has 0 spiro atoms. The number of hydrogen-bond acceptors (Lipinski definition) is 2. The van der Waals surface area contributed by atoms with Gasteiger partial charge in [-0.3, -0.25) is 4.79 Å². The number of fused-ring (bicyclic) bond motifs is 1. The van der Waals surface area contributed by atoms with E-state index in [1.54, 1.807) is 0 Å². The fourth-order valence-electron chi connectivity index (χ4n) is 3.33. The molecule has 22 heavy (non-hydrogen) atoms. The topological polar surface area (TPSA) is 62.5 Å². The zero-order valence-electron chi connectivity index (χ0n) is 12.7. The first-order valence-electron chi connectivity index (χ1n) is 7.63. The summed E-state index contributed by atoms with van der Waals surface area (Å²) >= 11 is 0. The third-order valence-electron chi connectivity index (χ3n) is 4.45. The van der Waals surface area contributed by atoms with E-state index in [0.29, 0.717) is 25.8 Å². The van der Waals surface area contributed by atoms with Gasteiger partial charge in [0.15, 0.2) is 0 Å². The van der Waals surface area contributed by atoms with E-state index in [0.717, 1.165) is 22.9 Å². The average molecular weight is 300 g/mol. The number of amides is 1. The van der Waals surface area contributed by atoms with Crippen LogP contribution in [0.25, 0.3) is 10.9 Å². The molecular formula is C17H20N2O3. The summed E-state index contributed by atoms with van der Waals surface area (Å²) in [5.74, 6) is -0.950. The lowest BCUT2D eigenvalue weighted by molar-refractivity contribution is -0.148. The number of para-hydroxylation sites is 1. The molecule has 0 aliphatic carbocycles. The Morgan fingerprint density at radius 3 is 2.86 bits per heavy atom. The Balaban J connectivity index is 1.71. The lowest BCUT2D eigenvalue weighted by atomic mass is 10.1. The molecule has 1 aromatic heterocycles. The molecular weight excluding hydrogens is 280 g/mol. The first-order valence-corrected chi connectivity index (χ1v) is 7.63. The molecule has 1 aromatic carbocycles. The maximum Gasteiger partial charge on any atom is 0.326 e. The van der Waals surface area contributed by atoms with E-state index in [-0.39, 0.29) is 5.91 Å². The van der Waals surface area contributed by atoms with Gasteiger partial charge in [0.1, 0.15) is 6.04 Å². The minimum atomic E-state index is -0.893. The molecule has 5 heteroatoms. The molecule has 1 atom stereocenters. The summed E-state index contributed by atoms with van der Waals surface area (Å²) in [5.41, 5.74) is 2.28. The van der Waals surface area contributed by atoms with E-state index in [1.807, 2.05) is 19.2 Å². The van der Waals surface area contributed by atoms with Gasteiger partial charge in [-0.15, -0.1) is 0 Å². The number of hydrogen-bond donors (Lipinski definition) is 1. The molecule has 2 heterocycles. The van der Waals surface area contributed by atoms with Gasteiger partial charge in [-0.1, -0.05) is 18.2 Å². The summed E-state index contributed by atoms with van der Waals surface area (Å²) < 4.78 is 2.06. The number of rotatable bonds is 4. The standard InChI is InChI=1S/C17H20N2O3/c1-18-11-12(13-5-2-3-6-14(13)18)8-9-16(20)19-10-4-7-15(19)17(21)22/h2-3,5-6,11,15H,4,7-10H2,1H3,(H,21,22). The second kappa shape index (κ2) is 5.83. The summed E-state index contributed by atoms with van der Waals surface area (Å²) in [6, 6.07) is 7.47. The molecule has 1 amide bonds. The van der Waals surface area contributed by atoms with E-state index in [9.17, 15) is 9.59 Å². The van der Waals surface area contributed by atoms with Crippen LogP contribution in [0.5, 0.6) is 0 Å². The smallest absolute Gasteiger partial charge is 0.326 e. The van der Waals surface area contributed by atoms with Crippen LogP contribution >= 0.6 is 0 Å². The van der Waals surface area contributed by atoms with Crippen LogP contribution < -0.4 is 0 Å². The first-order chi connectivity index (χ1) is 10.6. The highest BCUT2D eigenvalue weighted by molar-refractivity contribution is 5.86. The zero-order chi connectivity index (χ0) is 15.7. The van der Waals surface area contributed by atoms with E-state index < -0.39 is 12.0 Å². The first kappa shape index (κ1) is 14.6. The van der Waals surface area contributed by atoms with Gasteiger partial charge in [-0.2, -0.15) is 0 Å². The van der Waals surface area contributed by atoms with Crippen LogP contribution in [0.3, 0.4) is 0 Å². The Morgan fingerprint density at radius 1 is 1.32 bits per heavy atom. The fraction of sp³-hybridized carbons (Fsp3) is 0.412. The van der Waals surface area contributed by atoms with Gasteiger partial charge in [0.05, 0.1) is 0 Å². The monoisotopic (exact) mass is 300 g/mol. The predicted octanol–water partition coefficient (Wildman–Crippen LogP) is 2.19. The minimum Gasteiger partial charge on any atom is -0.480 e. The van der Waals surface area contributed by atoms with Gasteiger partial charge >= 0.3 is 5.97 Å². The van der Waals surface area contributed by atoms with Crippen molar-refractivity contribution >= 4 is 22.8 Å². The number of aryl methyl sites for hydroxylation is 2. The van der Waals surface area contributed by atoms with Crippen molar-refractivity contribution in [2.75, 3.05) is 6.54 Å². The zero-order valence-corrected chi connectivity index (χ0v) is 12.7. The van der Waals surface area contributed by atoms with E-state index in [4.69, 9.17) is 5.11 Å². The highest BCUT2D eigenvalue weighted by Crippen LogP contribution is 2.23. The molecule has 116 valence electrons. The van der Waals surface area contributed by atoms with Gasteiger partial charge in [0.2, 0.25) is 5.91 Å². The molecule has 1 saturated heterocycles. The van der Waals surface area contributed by atoms with Crippen molar-refractivity contribution in [1.29, 1.82) is 0 Å². The summed E-state index contributed by atoms with van der Waals surface area (Å²) in [5, 5.41) is 10.3. The Morgan fingerprint density at radius 2 is 2.09 bits per heavy atom. The van der Waals surface area contributed by atoms with Crippen LogP contribution in [0.1, 0.15) is 24.8 Å². The summed E-state index contributed by atoms with van der Waals surface area (Å²) in [6.07, 6.45) is 4.39. The number of benzene rings is 1. The highest BCUT2D eigenvalue weighted by atomic mass is 16.4. The molecule has 1 N–H and O–H groups in total. The number of carboxylic acids is 1. The Hall–Kier alpha value is -2.30. The van der Waals surface area contributed by atoms with Crippen molar-refractivity contribution in [3.05, 3.63) is 36.0 Å². The third-order valence-corrected chi connectivity index (χ3v) is 4.45. The maximum absolute atomic E-state index is 12.3. The maximum atomic E-state index is 12.3. The van der Waals surface area contributed by atoms with Gasteiger partial charge in [-0.05, 0) is 30.9 Å². The number of aromatic nitrogens is 1. The minimum absolute atomic E-state index is 0.0576. The van der Waals surface area contributed by atoms with Crippen molar-refractivity contribution in [2.24, 2.45) is 7.05 Å². The van der Waals surface area contributed by atoms with Crippen LogP contribution in [-0.4, -0.2) is 39.0 Å². The number of carbonyl (C=O) groups excluding carboxylic acids is 1. The molecule has 0 radical (unpaired) electrons. The van der Waals surface area contributed by atoms with Gasteiger partial charge in [-0.25, -0.2) is 4.79 Å². The quantitative estimate of drug-likeness (QED) is 0.941. The molecule has 1 fully saturated rings. The molecule has 0 saturated carbocycles. The fourth-order valence-corrected chi connectivity index (χ4v) is 3.33. The van der Waals surface area contributed by atoms with Crippen LogP contribution in [0.2, 0.25) is 0 Å². The van der Waals surface area contributed by atoms with Gasteiger partial charge in [0, 0.05) is 37.1 Å². The molecule has 5 nitrogen and oxygen atoms in total. The molecule has 1 unspecified atom stereocenters. The Kier molecular flexibility index (Phi) is 3.88. The molecule has 1 aliphatic heterocycles. The van der Waals surface area contributed by atoms with Crippen LogP contribution in [0.15, 0.2) is 30.5 Å². The molecule has 1 aliphatic rings. The van der Waals surface area contributed by atoms with Crippen LogP contribution in [0, 0.1) is 0 Å². The summed E-state index contributed by atoms with van der Waals surface area (Å²) in [4.78, 5) is 25.0. The predicted molar refractivity (Wildman–Crippen MR) is 83.6 cm³/mol. The number of aliphatic carboxylic acids is 1. The van der Waals surface area contributed by atoms with Crippen LogP contribution in [0.4, 0.5) is 0 Å². The number of carboxylic acid groups (broad SMARTS) is 1.